The summed E-state index contributed by atoms with van der Waals surface area (Å²) in [5.74, 6) is 0.570. The minimum Gasteiger partial charge on any atom is -0.381 e. The molecule has 3 aliphatic heterocycles. The number of aromatic nitrogens is 6. The van der Waals surface area contributed by atoms with Crippen molar-refractivity contribution < 1.29 is 9.13 Å². The molecule has 28 heavy (non-hydrogen) atoms. The molecule has 10 heteroatoms. The predicted octanol–water partition coefficient (Wildman–Crippen LogP) is 1.80. The number of hydrogen-bond acceptors (Lipinski definition) is 7. The van der Waals surface area contributed by atoms with Gasteiger partial charge in [-0.2, -0.15) is 14.6 Å². The fraction of sp³-hybridized carbons (Fsp3) is 0.556. The zero-order valence-corrected chi connectivity index (χ0v) is 15.3. The number of anilines is 2. The first-order valence-corrected chi connectivity index (χ1v) is 9.73. The van der Waals surface area contributed by atoms with Crippen molar-refractivity contribution in [1.82, 2.24) is 29.8 Å². The van der Waals surface area contributed by atoms with Gasteiger partial charge >= 0.3 is 0 Å². The quantitative estimate of drug-likeness (QED) is 0.708. The number of aromatic amines is 1. The summed E-state index contributed by atoms with van der Waals surface area (Å²) in [7, 11) is 0. The monoisotopic (exact) mass is 384 g/mol. The second-order valence-electron chi connectivity index (χ2n) is 8.00. The summed E-state index contributed by atoms with van der Waals surface area (Å²) in [6, 6.07) is 0.483. The van der Waals surface area contributed by atoms with Gasteiger partial charge in [-0.3, -0.25) is 5.10 Å². The smallest absolute Gasteiger partial charge is 0.243 e. The highest BCUT2D eigenvalue weighted by atomic mass is 19.1. The van der Waals surface area contributed by atoms with Crippen LogP contribution in [-0.2, 0) is 4.74 Å². The molecule has 0 spiro atoms. The number of halogens is 1. The summed E-state index contributed by atoms with van der Waals surface area (Å²) in [4.78, 5) is 11.5. The molecule has 2 bridgehead atoms. The van der Waals surface area contributed by atoms with Gasteiger partial charge in [-0.05, 0) is 12.8 Å². The molecule has 146 valence electrons. The fourth-order valence-corrected chi connectivity index (χ4v) is 4.62. The van der Waals surface area contributed by atoms with Gasteiger partial charge < -0.3 is 15.0 Å². The van der Waals surface area contributed by atoms with Crippen LogP contribution in [-0.4, -0.2) is 67.3 Å². The number of ether oxygens (including phenoxy) is 1. The summed E-state index contributed by atoms with van der Waals surface area (Å²) >= 11 is 0. The average molecular weight is 384 g/mol. The number of H-pyrrole nitrogens is 1. The summed E-state index contributed by atoms with van der Waals surface area (Å²) in [6.07, 6.45) is 8.19. The van der Waals surface area contributed by atoms with E-state index in [1.807, 2.05) is 0 Å². The van der Waals surface area contributed by atoms with E-state index >= 15 is 0 Å². The maximum atomic E-state index is 14.7. The number of rotatable bonds is 4. The van der Waals surface area contributed by atoms with Gasteiger partial charge in [-0.25, -0.2) is 9.37 Å². The topological polar surface area (TPSA) is 96.3 Å². The first-order valence-electron chi connectivity index (χ1n) is 9.73. The van der Waals surface area contributed by atoms with E-state index in [1.54, 1.807) is 23.2 Å². The van der Waals surface area contributed by atoms with Gasteiger partial charge in [0, 0.05) is 49.9 Å². The number of hydrogen-bond donors (Lipinski definition) is 2. The minimum absolute atomic E-state index is 0.187. The summed E-state index contributed by atoms with van der Waals surface area (Å²) in [5, 5.41) is 14.9. The van der Waals surface area contributed by atoms with Crippen molar-refractivity contribution >= 4 is 17.3 Å². The van der Waals surface area contributed by atoms with E-state index in [0.717, 1.165) is 43.0 Å². The molecule has 3 saturated heterocycles. The summed E-state index contributed by atoms with van der Waals surface area (Å²) in [6.45, 7) is 1.87. The molecule has 7 rings (SSSR count). The fourth-order valence-electron chi connectivity index (χ4n) is 4.62. The third kappa shape index (κ3) is 2.47. The van der Waals surface area contributed by atoms with Crippen LogP contribution in [0.4, 0.5) is 16.0 Å². The van der Waals surface area contributed by atoms with Crippen molar-refractivity contribution in [3.63, 3.8) is 0 Å². The molecule has 3 aromatic rings. The molecule has 9 nitrogen and oxygen atoms in total. The van der Waals surface area contributed by atoms with Crippen molar-refractivity contribution in [3.05, 3.63) is 18.7 Å². The molecule has 6 heterocycles. The molecule has 0 radical (unpaired) electrons. The minimum atomic E-state index is -1.09. The highest BCUT2D eigenvalue weighted by molar-refractivity contribution is 5.86. The standard InChI is InChI=1S/C18H21FN8O/c19-18-5-13(6-18)26(9-18)15-14(11-7-21-22-8-11)20-10-27-16(15)24-17(25-27)23-12-1-3-28-4-2-12/h7-8,10,12-13H,1-6,9H2,(H,21,22)(H,23,25). The molecule has 4 fully saturated rings. The van der Waals surface area contributed by atoms with E-state index in [2.05, 4.69) is 30.5 Å². The molecule has 0 unspecified atom stereocenters. The van der Waals surface area contributed by atoms with Crippen LogP contribution in [0.5, 0.6) is 0 Å². The van der Waals surface area contributed by atoms with Crippen LogP contribution in [0, 0.1) is 0 Å². The Labute approximate surface area is 160 Å². The molecule has 2 N–H and O–H groups in total. The van der Waals surface area contributed by atoms with E-state index < -0.39 is 5.67 Å². The van der Waals surface area contributed by atoms with Gasteiger partial charge in [0.25, 0.3) is 0 Å². The van der Waals surface area contributed by atoms with Crippen LogP contribution < -0.4 is 10.2 Å². The molecular formula is C18H21FN8O. The first-order chi connectivity index (χ1) is 13.7. The second kappa shape index (κ2) is 5.87. The Kier molecular flexibility index (Phi) is 3.40. The van der Waals surface area contributed by atoms with Gasteiger partial charge in [0.2, 0.25) is 5.95 Å². The predicted molar refractivity (Wildman–Crippen MR) is 100 cm³/mol. The number of fused-ring (bicyclic) bond motifs is 2. The third-order valence-corrected chi connectivity index (χ3v) is 6.07. The van der Waals surface area contributed by atoms with E-state index in [1.165, 1.54) is 0 Å². The summed E-state index contributed by atoms with van der Waals surface area (Å²) in [5.41, 5.74) is 2.04. The molecule has 0 atom stereocenters. The molecule has 0 amide bonds. The van der Waals surface area contributed by atoms with Crippen LogP contribution in [0.3, 0.4) is 0 Å². The summed E-state index contributed by atoms with van der Waals surface area (Å²) < 4.78 is 21.8. The van der Waals surface area contributed by atoms with E-state index in [0.29, 0.717) is 37.0 Å². The van der Waals surface area contributed by atoms with Gasteiger partial charge in [-0.15, -0.1) is 5.10 Å². The van der Waals surface area contributed by atoms with Crippen LogP contribution >= 0.6 is 0 Å². The lowest BCUT2D eigenvalue weighted by Crippen LogP contribution is -2.36. The molecule has 1 saturated carbocycles. The van der Waals surface area contributed by atoms with Crippen molar-refractivity contribution in [2.45, 2.75) is 43.4 Å². The molecular weight excluding hydrogens is 363 g/mol. The molecule has 0 aromatic carbocycles. The van der Waals surface area contributed by atoms with E-state index in [4.69, 9.17) is 9.72 Å². The Morgan fingerprint density at radius 2 is 2.14 bits per heavy atom. The van der Waals surface area contributed by atoms with E-state index in [-0.39, 0.29) is 6.04 Å². The average Bonchev–Trinajstić information content (AvgIpc) is 3.43. The van der Waals surface area contributed by atoms with E-state index in [9.17, 15) is 4.39 Å². The zero-order chi connectivity index (χ0) is 18.7. The lowest BCUT2D eigenvalue weighted by Gasteiger charge is -2.30. The van der Waals surface area contributed by atoms with Gasteiger partial charge in [-0.1, -0.05) is 0 Å². The Morgan fingerprint density at radius 3 is 2.86 bits per heavy atom. The Hall–Kier alpha value is -2.75. The van der Waals surface area contributed by atoms with Gasteiger partial charge in [0.1, 0.15) is 23.4 Å². The lowest BCUT2D eigenvalue weighted by molar-refractivity contribution is 0.0903. The first kappa shape index (κ1) is 16.2. The van der Waals surface area contributed by atoms with Gasteiger partial charge in [0.15, 0.2) is 5.65 Å². The second-order valence-corrected chi connectivity index (χ2v) is 8.00. The Morgan fingerprint density at radius 1 is 1.29 bits per heavy atom. The van der Waals surface area contributed by atoms with Crippen LogP contribution in [0.2, 0.25) is 0 Å². The SMILES string of the molecule is FC12CC(C1)N(c1c(-c3cn[nH]c3)ncn3nc(NC4CCOCC4)nc13)C2. The van der Waals surface area contributed by atoms with Crippen molar-refractivity contribution in [3.8, 4) is 11.3 Å². The third-order valence-electron chi connectivity index (χ3n) is 6.07. The van der Waals surface area contributed by atoms with Crippen molar-refractivity contribution in [2.75, 3.05) is 30.0 Å². The normalized spacial score (nSPS) is 27.3. The van der Waals surface area contributed by atoms with Crippen molar-refractivity contribution in [1.29, 1.82) is 0 Å². The Balaban J connectivity index is 1.44. The molecule has 3 aromatic heterocycles. The molecule has 1 aliphatic carbocycles. The number of nitrogens with one attached hydrogen (secondary N) is 2. The Bertz CT molecular complexity index is 1010. The molecule has 4 aliphatic rings. The van der Waals surface area contributed by atoms with Crippen LogP contribution in [0.25, 0.3) is 16.9 Å². The van der Waals surface area contributed by atoms with Crippen LogP contribution in [0.15, 0.2) is 18.7 Å². The largest absolute Gasteiger partial charge is 0.381 e. The highest BCUT2D eigenvalue weighted by Crippen LogP contribution is 2.51. The number of alkyl halides is 1. The van der Waals surface area contributed by atoms with Gasteiger partial charge in [0.05, 0.1) is 12.7 Å². The zero-order valence-electron chi connectivity index (χ0n) is 15.3. The highest BCUT2D eigenvalue weighted by Gasteiger charge is 2.57. The van der Waals surface area contributed by atoms with Crippen LogP contribution in [0.1, 0.15) is 25.7 Å². The maximum absolute atomic E-state index is 14.7. The number of nitrogens with zero attached hydrogens (tertiary/aromatic N) is 6. The van der Waals surface area contributed by atoms with Crippen molar-refractivity contribution in [2.24, 2.45) is 0 Å². The lowest BCUT2D eigenvalue weighted by atomic mass is 9.83. The maximum Gasteiger partial charge on any atom is 0.243 e.